The number of hydrogen-bond acceptors (Lipinski definition) is 2. The molecule has 16 heavy (non-hydrogen) atoms. The number of aliphatic imine (C=N–C) groups is 1. The first kappa shape index (κ1) is 12.5. The molecule has 0 saturated carbocycles. The van der Waals surface area contributed by atoms with E-state index in [2.05, 4.69) is 22.4 Å². The molecule has 0 aliphatic heterocycles. The van der Waals surface area contributed by atoms with Crippen LogP contribution in [0.1, 0.15) is 6.92 Å². The van der Waals surface area contributed by atoms with Gasteiger partial charge in [-0.25, -0.2) is 0 Å². The number of benzene rings is 1. The van der Waals surface area contributed by atoms with Crippen LogP contribution in [-0.2, 0) is 0 Å². The molecular weight excluding hydrogens is 198 g/mol. The lowest BCUT2D eigenvalue weighted by molar-refractivity contribution is 0.701. The van der Waals surface area contributed by atoms with Crippen LogP contribution in [0.15, 0.2) is 47.5 Å². The molecule has 0 aliphatic carbocycles. The molecule has 1 rings (SSSR count). The van der Waals surface area contributed by atoms with Gasteiger partial charge in [0.15, 0.2) is 0 Å². The molecule has 1 N–H and O–H groups in total. The molecule has 0 fully saturated rings. The van der Waals surface area contributed by atoms with E-state index < -0.39 is 0 Å². The summed E-state index contributed by atoms with van der Waals surface area (Å²) in [5, 5.41) is 3.10. The van der Waals surface area contributed by atoms with E-state index in [0.717, 1.165) is 5.69 Å². The first-order valence-corrected chi connectivity index (χ1v) is 5.39. The molecule has 0 aliphatic rings. The van der Waals surface area contributed by atoms with Crippen molar-refractivity contribution in [3.05, 3.63) is 42.5 Å². The van der Waals surface area contributed by atoms with Gasteiger partial charge in [0.1, 0.15) is 6.17 Å². The van der Waals surface area contributed by atoms with Gasteiger partial charge in [-0.05, 0) is 26.1 Å². The zero-order chi connectivity index (χ0) is 11.8. The summed E-state index contributed by atoms with van der Waals surface area (Å²) in [5.74, 6) is 0. The molecule has 1 aromatic carbocycles. The summed E-state index contributed by atoms with van der Waals surface area (Å²) in [5.41, 5.74) is 1.13. The minimum atomic E-state index is 0.0381. The topological polar surface area (TPSA) is 27.6 Å². The fraction of sp³-hybridized carbons (Fsp3) is 0.308. The van der Waals surface area contributed by atoms with E-state index in [-0.39, 0.29) is 6.17 Å². The Kier molecular flexibility index (Phi) is 5.29. The van der Waals surface area contributed by atoms with Crippen molar-refractivity contribution in [2.24, 2.45) is 4.99 Å². The van der Waals surface area contributed by atoms with E-state index in [1.807, 2.05) is 62.6 Å². The highest BCUT2D eigenvalue weighted by molar-refractivity contribution is 5.78. The molecule has 3 heteroatoms. The molecule has 0 spiro atoms. The SMILES string of the molecule is C/C=C\C(/N=C\N(C)c1ccccc1)NC. The number of rotatable bonds is 5. The Hall–Kier alpha value is -1.61. The Bertz CT molecular complexity index is 343. The molecule has 0 amide bonds. The third kappa shape index (κ3) is 3.87. The van der Waals surface area contributed by atoms with Crippen molar-refractivity contribution in [1.82, 2.24) is 5.32 Å². The fourth-order valence-electron chi connectivity index (χ4n) is 1.30. The number of para-hydroxylation sites is 1. The zero-order valence-corrected chi connectivity index (χ0v) is 10.1. The first-order valence-electron chi connectivity index (χ1n) is 5.39. The maximum Gasteiger partial charge on any atom is 0.120 e. The zero-order valence-electron chi connectivity index (χ0n) is 10.1. The minimum absolute atomic E-state index is 0.0381. The van der Waals surface area contributed by atoms with Crippen LogP contribution in [0.4, 0.5) is 5.69 Å². The van der Waals surface area contributed by atoms with Gasteiger partial charge >= 0.3 is 0 Å². The summed E-state index contributed by atoms with van der Waals surface area (Å²) in [6.07, 6.45) is 5.86. The largest absolute Gasteiger partial charge is 0.336 e. The van der Waals surface area contributed by atoms with E-state index in [4.69, 9.17) is 0 Å². The van der Waals surface area contributed by atoms with E-state index in [9.17, 15) is 0 Å². The van der Waals surface area contributed by atoms with Crippen molar-refractivity contribution < 1.29 is 0 Å². The quantitative estimate of drug-likeness (QED) is 0.465. The number of hydrogen-bond donors (Lipinski definition) is 1. The first-order chi connectivity index (χ1) is 7.77. The lowest BCUT2D eigenvalue weighted by atomic mass is 10.3. The van der Waals surface area contributed by atoms with Gasteiger partial charge in [-0.15, -0.1) is 0 Å². The highest BCUT2D eigenvalue weighted by Gasteiger charge is 1.97. The van der Waals surface area contributed by atoms with Crippen LogP contribution in [0, 0.1) is 0 Å². The Morgan fingerprint density at radius 2 is 2.00 bits per heavy atom. The summed E-state index contributed by atoms with van der Waals surface area (Å²) >= 11 is 0. The highest BCUT2D eigenvalue weighted by Crippen LogP contribution is 2.08. The van der Waals surface area contributed by atoms with Gasteiger partial charge in [0, 0.05) is 12.7 Å². The molecule has 0 aromatic heterocycles. The smallest absolute Gasteiger partial charge is 0.120 e. The molecular formula is C13H19N3. The minimum Gasteiger partial charge on any atom is -0.336 e. The number of anilines is 1. The van der Waals surface area contributed by atoms with Crippen molar-refractivity contribution in [1.29, 1.82) is 0 Å². The molecule has 86 valence electrons. The highest BCUT2D eigenvalue weighted by atomic mass is 15.2. The summed E-state index contributed by atoms with van der Waals surface area (Å²) in [6, 6.07) is 10.1. The lowest BCUT2D eigenvalue weighted by Crippen LogP contribution is -2.23. The van der Waals surface area contributed by atoms with Gasteiger partial charge in [-0.3, -0.25) is 10.3 Å². The van der Waals surface area contributed by atoms with Crippen LogP contribution in [-0.4, -0.2) is 26.6 Å². The van der Waals surface area contributed by atoms with Crippen LogP contribution < -0.4 is 10.2 Å². The van der Waals surface area contributed by atoms with Gasteiger partial charge in [0.25, 0.3) is 0 Å². The Morgan fingerprint density at radius 1 is 1.31 bits per heavy atom. The second-order valence-electron chi connectivity index (χ2n) is 3.47. The van der Waals surface area contributed by atoms with Crippen molar-refractivity contribution in [2.45, 2.75) is 13.1 Å². The van der Waals surface area contributed by atoms with E-state index in [1.54, 1.807) is 0 Å². The number of nitrogens with zero attached hydrogens (tertiary/aromatic N) is 2. The van der Waals surface area contributed by atoms with Gasteiger partial charge < -0.3 is 4.90 Å². The maximum absolute atomic E-state index is 4.41. The summed E-state index contributed by atoms with van der Waals surface area (Å²) in [4.78, 5) is 6.41. The molecule has 0 bridgehead atoms. The lowest BCUT2D eigenvalue weighted by Gasteiger charge is -2.14. The second kappa shape index (κ2) is 6.80. The van der Waals surface area contributed by atoms with E-state index >= 15 is 0 Å². The van der Waals surface area contributed by atoms with Crippen LogP contribution in [0.2, 0.25) is 0 Å². The van der Waals surface area contributed by atoms with E-state index in [1.165, 1.54) is 0 Å². The molecule has 1 unspecified atom stereocenters. The summed E-state index contributed by atoms with van der Waals surface area (Å²) < 4.78 is 0. The monoisotopic (exact) mass is 217 g/mol. The number of likely N-dealkylation sites (N-methyl/N-ethyl adjacent to an activating group) is 1. The average Bonchev–Trinajstić information content (AvgIpc) is 2.35. The Labute approximate surface area is 97.5 Å². The molecule has 0 radical (unpaired) electrons. The standard InChI is InChI=1S/C13H19N3/c1-4-8-13(14-2)15-11-16(3)12-9-6-5-7-10-12/h4-11,13-14H,1-3H3/b8-4-,15-11-. The van der Waals surface area contributed by atoms with Crippen molar-refractivity contribution >= 4 is 12.0 Å². The van der Waals surface area contributed by atoms with Crippen LogP contribution >= 0.6 is 0 Å². The summed E-state index contributed by atoms with van der Waals surface area (Å²) in [6.45, 7) is 1.99. The molecule has 1 aromatic rings. The van der Waals surface area contributed by atoms with Crippen molar-refractivity contribution in [3.8, 4) is 0 Å². The molecule has 1 atom stereocenters. The Morgan fingerprint density at radius 3 is 2.56 bits per heavy atom. The van der Waals surface area contributed by atoms with Crippen molar-refractivity contribution in [3.63, 3.8) is 0 Å². The fourth-order valence-corrected chi connectivity index (χ4v) is 1.30. The predicted molar refractivity (Wildman–Crippen MR) is 71.0 cm³/mol. The molecule has 0 heterocycles. The van der Waals surface area contributed by atoms with Crippen molar-refractivity contribution in [2.75, 3.05) is 19.0 Å². The third-order valence-corrected chi connectivity index (χ3v) is 2.23. The van der Waals surface area contributed by atoms with Gasteiger partial charge in [0.05, 0.1) is 6.34 Å². The second-order valence-corrected chi connectivity index (χ2v) is 3.47. The maximum atomic E-state index is 4.41. The summed E-state index contributed by atoms with van der Waals surface area (Å²) in [7, 11) is 3.88. The average molecular weight is 217 g/mol. The van der Waals surface area contributed by atoms with Crippen LogP contribution in [0.25, 0.3) is 0 Å². The predicted octanol–water partition coefficient (Wildman–Crippen LogP) is 2.27. The van der Waals surface area contributed by atoms with Gasteiger partial charge in [-0.1, -0.05) is 30.4 Å². The molecule has 0 saturated heterocycles. The molecule has 3 nitrogen and oxygen atoms in total. The third-order valence-electron chi connectivity index (χ3n) is 2.23. The number of nitrogens with one attached hydrogen (secondary N) is 1. The van der Waals surface area contributed by atoms with Gasteiger partial charge in [0.2, 0.25) is 0 Å². The van der Waals surface area contributed by atoms with Gasteiger partial charge in [-0.2, -0.15) is 0 Å². The van der Waals surface area contributed by atoms with Crippen LogP contribution in [0.3, 0.4) is 0 Å². The Balaban J connectivity index is 2.63. The number of allylic oxidation sites excluding steroid dienone is 1. The van der Waals surface area contributed by atoms with Crippen LogP contribution in [0.5, 0.6) is 0 Å². The normalized spacial score (nSPS) is 13.4. The van der Waals surface area contributed by atoms with E-state index in [0.29, 0.717) is 0 Å².